The minimum absolute atomic E-state index is 0.0418. The maximum absolute atomic E-state index is 12.8. The molecule has 0 aromatic heterocycles. The number of carbonyl (C=O) groups is 2. The summed E-state index contributed by atoms with van der Waals surface area (Å²) in [7, 11) is -2.31. The number of para-hydroxylation sites is 1. The van der Waals surface area contributed by atoms with Crippen molar-refractivity contribution in [2.24, 2.45) is 0 Å². The third kappa shape index (κ3) is 5.70. The summed E-state index contributed by atoms with van der Waals surface area (Å²) in [6.45, 7) is 7.90. The average molecular weight is 431 g/mol. The summed E-state index contributed by atoms with van der Waals surface area (Å²) in [6.07, 6.45) is 0. The minimum atomic E-state index is -3.77. The van der Waals surface area contributed by atoms with E-state index in [1.165, 1.54) is 40.5 Å². The molecule has 2 aromatic carbocycles. The van der Waals surface area contributed by atoms with Crippen molar-refractivity contribution in [3.05, 3.63) is 72.3 Å². The van der Waals surface area contributed by atoms with Gasteiger partial charge in [0.2, 0.25) is 0 Å². The van der Waals surface area contributed by atoms with Gasteiger partial charge in [-0.15, -0.1) is 0 Å². The van der Waals surface area contributed by atoms with E-state index < -0.39 is 22.6 Å². The van der Waals surface area contributed by atoms with Crippen molar-refractivity contribution < 1.29 is 22.7 Å². The van der Waals surface area contributed by atoms with E-state index in [-0.39, 0.29) is 16.4 Å². The fraction of sp³-hybridized carbons (Fsp3) is 0.273. The van der Waals surface area contributed by atoms with Crippen LogP contribution in [0.3, 0.4) is 0 Å². The number of rotatable bonds is 9. The predicted molar refractivity (Wildman–Crippen MR) is 116 cm³/mol. The molecule has 0 aliphatic heterocycles. The van der Waals surface area contributed by atoms with E-state index in [0.717, 1.165) is 5.57 Å². The lowest BCUT2D eigenvalue weighted by Crippen LogP contribution is -2.35. The minimum Gasteiger partial charge on any atom is -0.452 e. The Hall–Kier alpha value is -3.13. The van der Waals surface area contributed by atoms with Gasteiger partial charge in [0.1, 0.15) is 0 Å². The molecule has 7 nitrogen and oxygen atoms in total. The number of nitrogens with zero attached hydrogens (tertiary/aromatic N) is 2. The largest absolute Gasteiger partial charge is 0.452 e. The molecule has 1 amide bonds. The summed E-state index contributed by atoms with van der Waals surface area (Å²) >= 11 is 0. The summed E-state index contributed by atoms with van der Waals surface area (Å²) in [5.41, 5.74) is 1.51. The number of esters is 1. The first kappa shape index (κ1) is 23.2. The molecule has 0 heterocycles. The molecule has 0 saturated heterocycles. The summed E-state index contributed by atoms with van der Waals surface area (Å²) in [5.74, 6) is -1.02. The Bertz CT molecular complexity index is 1000. The van der Waals surface area contributed by atoms with Crippen molar-refractivity contribution in [1.29, 1.82) is 0 Å². The van der Waals surface area contributed by atoms with Crippen molar-refractivity contribution in [1.82, 2.24) is 4.90 Å². The lowest BCUT2D eigenvalue weighted by Gasteiger charge is -2.20. The molecule has 0 radical (unpaired) electrons. The molecule has 0 unspecified atom stereocenters. The van der Waals surface area contributed by atoms with Gasteiger partial charge in [-0.1, -0.05) is 30.4 Å². The predicted octanol–water partition coefficient (Wildman–Crippen LogP) is 3.09. The number of carbonyl (C=O) groups excluding carboxylic acids is 2. The zero-order valence-electron chi connectivity index (χ0n) is 17.4. The number of sulfonamides is 1. The zero-order chi connectivity index (χ0) is 22.3. The van der Waals surface area contributed by atoms with Gasteiger partial charge in [-0.2, -0.15) is 0 Å². The number of likely N-dealkylation sites (N-methyl/N-ethyl adjacent to an activating group) is 1. The number of benzene rings is 2. The van der Waals surface area contributed by atoms with Crippen LogP contribution < -0.4 is 4.31 Å². The van der Waals surface area contributed by atoms with Crippen molar-refractivity contribution in [3.8, 4) is 0 Å². The maximum Gasteiger partial charge on any atom is 0.338 e. The lowest BCUT2D eigenvalue weighted by atomic mass is 10.2. The van der Waals surface area contributed by atoms with Crippen LogP contribution in [0.25, 0.3) is 0 Å². The van der Waals surface area contributed by atoms with E-state index in [1.54, 1.807) is 30.3 Å². The van der Waals surface area contributed by atoms with Crippen LogP contribution in [0.15, 0.2) is 71.6 Å². The van der Waals surface area contributed by atoms with Gasteiger partial charge >= 0.3 is 5.97 Å². The second-order valence-corrected chi connectivity index (χ2v) is 8.74. The Labute approximate surface area is 177 Å². The second-order valence-electron chi connectivity index (χ2n) is 6.77. The van der Waals surface area contributed by atoms with Crippen molar-refractivity contribution in [2.45, 2.75) is 18.7 Å². The first-order chi connectivity index (χ1) is 14.2. The molecule has 0 N–H and O–H groups in total. The summed E-state index contributed by atoms with van der Waals surface area (Å²) in [4.78, 5) is 26.0. The summed E-state index contributed by atoms with van der Waals surface area (Å²) in [6, 6.07) is 14.1. The monoisotopic (exact) mass is 430 g/mol. The highest BCUT2D eigenvalue weighted by molar-refractivity contribution is 7.92. The van der Waals surface area contributed by atoms with E-state index in [0.29, 0.717) is 18.8 Å². The van der Waals surface area contributed by atoms with Gasteiger partial charge in [0.15, 0.2) is 6.61 Å². The first-order valence-corrected chi connectivity index (χ1v) is 10.8. The highest BCUT2D eigenvalue weighted by Gasteiger charge is 2.22. The van der Waals surface area contributed by atoms with Gasteiger partial charge in [0.05, 0.1) is 16.1 Å². The molecule has 2 rings (SSSR count). The smallest absolute Gasteiger partial charge is 0.338 e. The molecule has 30 heavy (non-hydrogen) atoms. The van der Waals surface area contributed by atoms with Gasteiger partial charge in [-0.3, -0.25) is 9.10 Å². The highest BCUT2D eigenvalue weighted by Crippen LogP contribution is 2.22. The van der Waals surface area contributed by atoms with Gasteiger partial charge in [-0.05, 0) is 50.2 Å². The van der Waals surface area contributed by atoms with Crippen LogP contribution in [-0.2, 0) is 19.6 Å². The fourth-order valence-electron chi connectivity index (χ4n) is 2.70. The molecule has 2 aromatic rings. The Morgan fingerprint density at radius 1 is 1.03 bits per heavy atom. The van der Waals surface area contributed by atoms with Crippen molar-refractivity contribution in [2.75, 3.05) is 31.0 Å². The fourth-order valence-corrected chi connectivity index (χ4v) is 3.90. The first-order valence-electron chi connectivity index (χ1n) is 9.40. The third-order valence-electron chi connectivity index (χ3n) is 4.39. The van der Waals surface area contributed by atoms with E-state index in [1.807, 2.05) is 13.8 Å². The number of amides is 1. The number of hydrogen-bond donors (Lipinski definition) is 0. The van der Waals surface area contributed by atoms with Gasteiger partial charge < -0.3 is 9.64 Å². The molecular weight excluding hydrogens is 404 g/mol. The molecule has 8 heteroatoms. The normalized spacial score (nSPS) is 10.9. The van der Waals surface area contributed by atoms with Gasteiger partial charge in [-0.25, -0.2) is 13.2 Å². The van der Waals surface area contributed by atoms with Crippen LogP contribution in [0.4, 0.5) is 5.69 Å². The average Bonchev–Trinajstić information content (AvgIpc) is 2.75. The Morgan fingerprint density at radius 3 is 2.17 bits per heavy atom. The van der Waals surface area contributed by atoms with E-state index in [2.05, 4.69) is 6.58 Å². The van der Waals surface area contributed by atoms with E-state index in [4.69, 9.17) is 4.74 Å². The SMILES string of the molecule is C=C(C)CN(CC)C(=O)COC(=O)c1ccc(S(=O)(=O)N(C)c2ccccc2)cc1. The zero-order valence-corrected chi connectivity index (χ0v) is 18.2. The summed E-state index contributed by atoms with van der Waals surface area (Å²) < 4.78 is 31.8. The highest BCUT2D eigenvalue weighted by atomic mass is 32.2. The third-order valence-corrected chi connectivity index (χ3v) is 6.19. The number of ether oxygens (including phenoxy) is 1. The van der Waals surface area contributed by atoms with Crippen LogP contribution in [0, 0.1) is 0 Å². The number of hydrogen-bond acceptors (Lipinski definition) is 5. The van der Waals surface area contributed by atoms with Gasteiger partial charge in [0.25, 0.3) is 15.9 Å². The standard InChI is InChI=1S/C22H26N2O5S/c1-5-24(15-17(2)3)21(25)16-29-22(26)18-11-13-20(14-12-18)30(27,28)23(4)19-9-7-6-8-10-19/h6-14H,2,5,15-16H2,1,3-4H3. The Kier molecular flexibility index (Phi) is 7.77. The molecule has 0 fully saturated rings. The van der Waals surface area contributed by atoms with E-state index in [9.17, 15) is 18.0 Å². The Morgan fingerprint density at radius 2 is 1.63 bits per heavy atom. The number of anilines is 1. The lowest BCUT2D eigenvalue weighted by molar-refractivity contribution is -0.133. The van der Waals surface area contributed by atoms with Crippen molar-refractivity contribution >= 4 is 27.6 Å². The van der Waals surface area contributed by atoms with Crippen molar-refractivity contribution in [3.63, 3.8) is 0 Å². The van der Waals surface area contributed by atoms with E-state index >= 15 is 0 Å². The molecule has 0 spiro atoms. The molecule has 0 aliphatic carbocycles. The van der Waals surface area contributed by atoms with Crippen LogP contribution in [-0.4, -0.2) is 51.9 Å². The maximum atomic E-state index is 12.8. The molecule has 0 bridgehead atoms. The van der Waals surface area contributed by atoms with Crippen LogP contribution in [0.1, 0.15) is 24.2 Å². The van der Waals surface area contributed by atoms with Crippen LogP contribution in [0.5, 0.6) is 0 Å². The quantitative estimate of drug-likeness (QED) is 0.451. The Balaban J connectivity index is 2.05. The molecule has 0 atom stereocenters. The second kappa shape index (κ2) is 10.1. The molecule has 160 valence electrons. The molecule has 0 aliphatic rings. The summed E-state index contributed by atoms with van der Waals surface area (Å²) in [5, 5.41) is 0. The molecule has 0 saturated carbocycles. The topological polar surface area (TPSA) is 84.0 Å². The van der Waals surface area contributed by atoms with Gasteiger partial charge in [0, 0.05) is 20.1 Å². The van der Waals surface area contributed by atoms with Crippen LogP contribution in [0.2, 0.25) is 0 Å². The van der Waals surface area contributed by atoms with Crippen LogP contribution >= 0.6 is 0 Å². The molecular formula is C22H26N2O5S.